The lowest BCUT2D eigenvalue weighted by Gasteiger charge is -2.36. The van der Waals surface area contributed by atoms with Gasteiger partial charge in [-0.25, -0.2) is 4.74 Å². The molecule has 148 valence electrons. The van der Waals surface area contributed by atoms with Crippen molar-refractivity contribution in [2.75, 3.05) is 27.3 Å². The summed E-state index contributed by atoms with van der Waals surface area (Å²) in [4.78, 5) is 5.79. The molecular formula is C20H28N2O5. The molecule has 0 aromatic heterocycles. The molecule has 5 atom stereocenters. The van der Waals surface area contributed by atoms with E-state index in [1.807, 2.05) is 42.4 Å². The van der Waals surface area contributed by atoms with E-state index in [0.717, 1.165) is 16.7 Å². The SMILES string of the molecule is C=CCO[C@H]1[C@@H]([C@H](/C=[N+](/C)[O-])OCc2ccccc2)OC[C@H]2C[C@@H]1N(C)O2. The molecule has 1 aromatic rings. The van der Waals surface area contributed by atoms with Gasteiger partial charge in [-0.15, -0.1) is 6.58 Å². The number of likely N-dealkylation sites (N-methyl/N-ethyl adjacent to an activating group) is 1. The monoisotopic (exact) mass is 376 g/mol. The van der Waals surface area contributed by atoms with Crippen molar-refractivity contribution in [1.82, 2.24) is 5.06 Å². The van der Waals surface area contributed by atoms with E-state index in [2.05, 4.69) is 6.58 Å². The Labute approximate surface area is 160 Å². The molecule has 2 aliphatic rings. The first-order chi connectivity index (χ1) is 13.1. The molecule has 0 radical (unpaired) electrons. The Bertz CT molecular complexity index is 635. The van der Waals surface area contributed by atoms with Gasteiger partial charge in [-0.2, -0.15) is 5.06 Å². The average Bonchev–Trinajstić information content (AvgIpc) is 2.92. The van der Waals surface area contributed by atoms with Crippen LogP contribution in [0.5, 0.6) is 0 Å². The fraction of sp³-hybridized carbons (Fsp3) is 0.550. The van der Waals surface area contributed by atoms with Crippen molar-refractivity contribution < 1.29 is 23.8 Å². The molecular weight excluding hydrogens is 348 g/mol. The number of fused-ring (bicyclic) bond motifs is 2. The van der Waals surface area contributed by atoms with E-state index in [1.165, 1.54) is 13.3 Å². The lowest BCUT2D eigenvalue weighted by Crippen LogP contribution is -2.52. The number of hydroxylamine groups is 3. The Hall–Kier alpha value is -1.77. The molecule has 27 heavy (non-hydrogen) atoms. The van der Waals surface area contributed by atoms with Gasteiger partial charge in [-0.3, -0.25) is 4.84 Å². The van der Waals surface area contributed by atoms with Gasteiger partial charge in [0.2, 0.25) is 0 Å². The minimum absolute atomic E-state index is 0.0143. The zero-order valence-electron chi connectivity index (χ0n) is 15.9. The van der Waals surface area contributed by atoms with Crippen LogP contribution in [0.3, 0.4) is 0 Å². The summed E-state index contributed by atoms with van der Waals surface area (Å²) in [5.41, 5.74) is 1.03. The van der Waals surface area contributed by atoms with Gasteiger partial charge in [0.15, 0.2) is 12.3 Å². The highest BCUT2D eigenvalue weighted by atomic mass is 16.7. The zero-order chi connectivity index (χ0) is 19.2. The lowest BCUT2D eigenvalue weighted by atomic mass is 9.98. The third kappa shape index (κ3) is 5.15. The molecule has 2 fully saturated rings. The summed E-state index contributed by atoms with van der Waals surface area (Å²) in [5.74, 6) is 0. The summed E-state index contributed by atoms with van der Waals surface area (Å²) in [6.07, 6.45) is 2.72. The second-order valence-electron chi connectivity index (χ2n) is 6.92. The smallest absolute Gasteiger partial charge is 0.182 e. The molecule has 7 heteroatoms. The van der Waals surface area contributed by atoms with Crippen LogP contribution in [0.4, 0.5) is 0 Å². The van der Waals surface area contributed by atoms with Gasteiger partial charge < -0.3 is 19.4 Å². The van der Waals surface area contributed by atoms with Gasteiger partial charge in [0.1, 0.15) is 25.4 Å². The van der Waals surface area contributed by atoms with Crippen molar-refractivity contribution in [3.63, 3.8) is 0 Å². The highest BCUT2D eigenvalue weighted by Gasteiger charge is 2.47. The molecule has 3 rings (SSSR count). The standard InChI is InChI=1S/C20H28N2O5/c1-4-10-24-19-17-11-16(27-22(17)3)14-26-20(19)18(12-21(2)23)25-13-15-8-6-5-7-9-15/h4-9,12,16-20H,1,10-11,13-14H2,2-3H3/b21-12-/t16-,17+,18+,19-,20-/m1/s1. The molecule has 2 saturated heterocycles. The second-order valence-corrected chi connectivity index (χ2v) is 6.92. The van der Waals surface area contributed by atoms with Crippen LogP contribution in [0.25, 0.3) is 0 Å². The predicted octanol–water partition coefficient (Wildman–Crippen LogP) is 1.76. The molecule has 0 unspecified atom stereocenters. The van der Waals surface area contributed by atoms with Gasteiger partial charge in [0, 0.05) is 7.05 Å². The summed E-state index contributed by atoms with van der Waals surface area (Å²) >= 11 is 0. The van der Waals surface area contributed by atoms with Crippen LogP contribution in [-0.2, 0) is 25.7 Å². The van der Waals surface area contributed by atoms with Gasteiger partial charge in [-0.1, -0.05) is 36.4 Å². The topological polar surface area (TPSA) is 66.2 Å². The maximum Gasteiger partial charge on any atom is 0.182 e. The van der Waals surface area contributed by atoms with E-state index in [-0.39, 0.29) is 18.2 Å². The quantitative estimate of drug-likeness (QED) is 0.226. The third-order valence-corrected chi connectivity index (χ3v) is 4.84. The van der Waals surface area contributed by atoms with E-state index in [1.54, 1.807) is 6.08 Å². The first-order valence-electron chi connectivity index (χ1n) is 9.22. The molecule has 2 bridgehead atoms. The average molecular weight is 376 g/mol. The Balaban J connectivity index is 1.80. The van der Waals surface area contributed by atoms with Crippen LogP contribution in [0.2, 0.25) is 0 Å². The maximum absolute atomic E-state index is 11.8. The summed E-state index contributed by atoms with van der Waals surface area (Å²) in [5, 5.41) is 13.6. The number of hydrogen-bond acceptors (Lipinski definition) is 6. The van der Waals surface area contributed by atoms with Gasteiger partial charge in [0.25, 0.3) is 0 Å². The molecule has 7 nitrogen and oxygen atoms in total. The van der Waals surface area contributed by atoms with Gasteiger partial charge in [-0.05, 0) is 12.0 Å². The number of hydrogen-bond donors (Lipinski definition) is 0. The molecule has 0 amide bonds. The summed E-state index contributed by atoms with van der Waals surface area (Å²) in [6, 6.07) is 9.87. The van der Waals surface area contributed by atoms with Crippen molar-refractivity contribution in [2.45, 2.75) is 43.5 Å². The van der Waals surface area contributed by atoms with E-state index < -0.39 is 12.2 Å². The van der Waals surface area contributed by atoms with Crippen molar-refractivity contribution >= 4 is 6.21 Å². The normalized spacial score (nSPS) is 30.1. The Morgan fingerprint density at radius 1 is 1.41 bits per heavy atom. The van der Waals surface area contributed by atoms with E-state index in [4.69, 9.17) is 19.0 Å². The highest BCUT2D eigenvalue weighted by molar-refractivity contribution is 5.59. The van der Waals surface area contributed by atoms with Crippen LogP contribution in [-0.4, -0.2) is 73.8 Å². The minimum atomic E-state index is -0.546. The van der Waals surface area contributed by atoms with Gasteiger partial charge >= 0.3 is 0 Å². The molecule has 0 aliphatic carbocycles. The number of rotatable bonds is 8. The largest absolute Gasteiger partial charge is 0.624 e. The molecule has 0 N–H and O–H groups in total. The Morgan fingerprint density at radius 3 is 2.89 bits per heavy atom. The molecule has 0 spiro atoms. The van der Waals surface area contributed by atoms with E-state index >= 15 is 0 Å². The van der Waals surface area contributed by atoms with Crippen LogP contribution in [0.1, 0.15) is 12.0 Å². The number of benzene rings is 1. The predicted molar refractivity (Wildman–Crippen MR) is 101 cm³/mol. The van der Waals surface area contributed by atoms with Crippen molar-refractivity contribution in [3.8, 4) is 0 Å². The molecule has 1 aromatic carbocycles. The summed E-state index contributed by atoms with van der Waals surface area (Å²) in [6.45, 7) is 4.93. The van der Waals surface area contributed by atoms with Crippen LogP contribution >= 0.6 is 0 Å². The van der Waals surface area contributed by atoms with Crippen LogP contribution in [0, 0.1) is 5.21 Å². The zero-order valence-corrected chi connectivity index (χ0v) is 15.9. The molecule has 2 heterocycles. The maximum atomic E-state index is 11.8. The Kier molecular flexibility index (Phi) is 6.98. The van der Waals surface area contributed by atoms with Crippen molar-refractivity contribution in [2.24, 2.45) is 0 Å². The van der Waals surface area contributed by atoms with Crippen LogP contribution in [0.15, 0.2) is 43.0 Å². The fourth-order valence-corrected chi connectivity index (χ4v) is 3.61. The van der Waals surface area contributed by atoms with Crippen molar-refractivity contribution in [1.29, 1.82) is 0 Å². The van der Waals surface area contributed by atoms with E-state index in [0.29, 0.717) is 19.8 Å². The minimum Gasteiger partial charge on any atom is -0.624 e. The van der Waals surface area contributed by atoms with Crippen molar-refractivity contribution in [3.05, 3.63) is 53.8 Å². The fourth-order valence-electron chi connectivity index (χ4n) is 3.61. The lowest BCUT2D eigenvalue weighted by molar-refractivity contribution is -0.422. The first-order valence-corrected chi connectivity index (χ1v) is 9.22. The molecule has 0 saturated carbocycles. The number of nitrogens with zero attached hydrogens (tertiary/aromatic N) is 2. The first kappa shape index (κ1) is 20.0. The van der Waals surface area contributed by atoms with E-state index in [9.17, 15) is 5.21 Å². The Morgan fingerprint density at radius 2 is 2.19 bits per heavy atom. The number of ether oxygens (including phenoxy) is 3. The van der Waals surface area contributed by atoms with Gasteiger partial charge in [0.05, 0.1) is 25.9 Å². The highest BCUT2D eigenvalue weighted by Crippen LogP contribution is 2.32. The second kappa shape index (κ2) is 9.43. The third-order valence-electron chi connectivity index (χ3n) is 4.84. The summed E-state index contributed by atoms with van der Waals surface area (Å²) < 4.78 is 19.0. The van der Waals surface area contributed by atoms with Crippen LogP contribution < -0.4 is 0 Å². The summed E-state index contributed by atoms with van der Waals surface area (Å²) in [7, 11) is 3.34. The molecule has 2 aliphatic heterocycles.